The number of likely N-dealkylation sites (N-methyl/N-ethyl adjacent to an activating group) is 1. The van der Waals surface area contributed by atoms with E-state index < -0.39 is 36.0 Å². The molecular weight excluding hydrogens is 717 g/mol. The van der Waals surface area contributed by atoms with Gasteiger partial charge in [0.25, 0.3) is 0 Å². The number of hydrogen-bond donors (Lipinski definition) is 3. The van der Waals surface area contributed by atoms with Gasteiger partial charge in [0.2, 0.25) is 17.7 Å². The van der Waals surface area contributed by atoms with Gasteiger partial charge < -0.3 is 25.4 Å². The van der Waals surface area contributed by atoms with Crippen molar-refractivity contribution in [3.05, 3.63) is 94.7 Å². The highest BCUT2D eigenvalue weighted by atomic mass is 32.1. The third-order valence-electron chi connectivity index (χ3n) is 10.9. The molecule has 0 bridgehead atoms. The summed E-state index contributed by atoms with van der Waals surface area (Å²) < 4.78 is 5.46. The Morgan fingerprint density at radius 2 is 1.71 bits per heavy atom. The van der Waals surface area contributed by atoms with Crippen molar-refractivity contribution in [2.45, 2.75) is 82.0 Å². The van der Waals surface area contributed by atoms with Crippen LogP contribution in [0.5, 0.6) is 0 Å². The molecule has 2 fully saturated rings. The molecule has 0 spiro atoms. The minimum Gasteiger partial charge on any atom is -0.391 e. The van der Waals surface area contributed by atoms with E-state index in [2.05, 4.69) is 20.6 Å². The summed E-state index contributed by atoms with van der Waals surface area (Å²) in [6.07, 6.45) is 7.89. The number of aromatic nitrogens is 2. The lowest BCUT2D eigenvalue weighted by Crippen LogP contribution is -2.58. The number of carbonyl (C=O) groups excluding carboxylic acids is 4. The Balaban J connectivity index is 1.25. The molecular formula is C42H52N6O6S. The van der Waals surface area contributed by atoms with Crippen molar-refractivity contribution in [3.8, 4) is 0 Å². The zero-order valence-corrected chi connectivity index (χ0v) is 32.3. The molecule has 13 heteroatoms. The van der Waals surface area contributed by atoms with Crippen molar-refractivity contribution < 1.29 is 29.0 Å². The third-order valence-corrected chi connectivity index (χ3v) is 11.5. The Morgan fingerprint density at radius 1 is 0.964 bits per heavy atom. The maximum Gasteiger partial charge on any atom is 0.245 e. The van der Waals surface area contributed by atoms with E-state index in [9.17, 15) is 24.3 Å². The van der Waals surface area contributed by atoms with Crippen molar-refractivity contribution in [2.75, 3.05) is 39.9 Å². The minimum absolute atomic E-state index is 0.119. The summed E-state index contributed by atoms with van der Waals surface area (Å²) in [5.41, 5.74) is 3.66. The Hall–Kier alpha value is -4.56. The van der Waals surface area contributed by atoms with E-state index in [0.29, 0.717) is 44.0 Å². The number of rotatable bonds is 17. The number of morpholine rings is 1. The number of aliphatic hydroxyl groups excluding tert-OH is 1. The summed E-state index contributed by atoms with van der Waals surface area (Å²) in [7, 11) is 1.59. The highest BCUT2D eigenvalue weighted by Crippen LogP contribution is 2.29. The highest BCUT2D eigenvalue weighted by Gasteiger charge is 2.36. The van der Waals surface area contributed by atoms with Crippen LogP contribution in [0.1, 0.15) is 66.6 Å². The first-order valence-corrected chi connectivity index (χ1v) is 20.3. The molecule has 0 radical (unpaired) electrons. The molecule has 3 N–H and O–H groups in total. The van der Waals surface area contributed by atoms with Gasteiger partial charge in [0.1, 0.15) is 12.1 Å². The van der Waals surface area contributed by atoms with Crippen LogP contribution in [-0.2, 0) is 32.0 Å². The normalized spacial score (nSPS) is 17.5. The minimum atomic E-state index is -1.15. The Bertz CT molecular complexity index is 1860. The second-order valence-electron chi connectivity index (χ2n) is 14.8. The smallest absolute Gasteiger partial charge is 0.245 e. The molecule has 2 aromatic carbocycles. The number of pyridine rings is 1. The Kier molecular flexibility index (Phi) is 14.5. The van der Waals surface area contributed by atoms with Gasteiger partial charge in [-0.2, -0.15) is 0 Å². The van der Waals surface area contributed by atoms with Crippen molar-refractivity contribution in [1.29, 1.82) is 0 Å². The van der Waals surface area contributed by atoms with E-state index in [1.807, 2.05) is 52.7 Å². The van der Waals surface area contributed by atoms with Gasteiger partial charge in [-0.25, -0.2) is 4.98 Å². The van der Waals surface area contributed by atoms with Gasteiger partial charge in [-0.15, -0.1) is 11.3 Å². The van der Waals surface area contributed by atoms with E-state index >= 15 is 0 Å². The van der Waals surface area contributed by atoms with Gasteiger partial charge in [0.05, 0.1) is 43.1 Å². The molecule has 292 valence electrons. The van der Waals surface area contributed by atoms with Crippen LogP contribution in [0.2, 0.25) is 0 Å². The average molecular weight is 769 g/mol. The summed E-state index contributed by atoms with van der Waals surface area (Å²) in [6.45, 7) is 2.43. The van der Waals surface area contributed by atoms with Gasteiger partial charge in [0, 0.05) is 62.7 Å². The fraction of sp³-hybridized carbons (Fsp3) is 0.476. The zero-order valence-electron chi connectivity index (χ0n) is 31.5. The molecule has 1 aliphatic carbocycles. The number of carbonyl (C=O) groups is 4. The maximum absolute atomic E-state index is 14.7. The number of amides is 3. The van der Waals surface area contributed by atoms with Crippen LogP contribution < -0.4 is 10.6 Å². The van der Waals surface area contributed by atoms with Crippen LogP contribution in [0.3, 0.4) is 0 Å². The number of ether oxygens (including phenoxy) is 1. The largest absolute Gasteiger partial charge is 0.391 e. The van der Waals surface area contributed by atoms with Crippen LogP contribution in [0.4, 0.5) is 0 Å². The quantitative estimate of drug-likeness (QED) is 0.134. The molecule has 3 amide bonds. The molecule has 4 atom stereocenters. The molecule has 1 aliphatic heterocycles. The first-order valence-electron chi connectivity index (χ1n) is 19.4. The molecule has 0 unspecified atom stereocenters. The van der Waals surface area contributed by atoms with Crippen molar-refractivity contribution in [1.82, 2.24) is 30.4 Å². The predicted octanol–water partition coefficient (Wildman–Crippen LogP) is 4.21. The lowest BCUT2D eigenvalue weighted by molar-refractivity contribution is -0.142. The molecule has 2 aliphatic rings. The maximum atomic E-state index is 14.7. The lowest BCUT2D eigenvalue weighted by Gasteiger charge is -2.34. The summed E-state index contributed by atoms with van der Waals surface area (Å²) in [6, 6.07) is 14.3. The van der Waals surface area contributed by atoms with E-state index in [0.717, 1.165) is 48.4 Å². The fourth-order valence-corrected chi connectivity index (χ4v) is 8.37. The first kappa shape index (κ1) is 40.1. The summed E-state index contributed by atoms with van der Waals surface area (Å²) in [4.78, 5) is 67.8. The first-order chi connectivity index (χ1) is 26.7. The van der Waals surface area contributed by atoms with Crippen LogP contribution in [0.25, 0.3) is 10.8 Å². The molecule has 1 saturated heterocycles. The van der Waals surface area contributed by atoms with Crippen molar-refractivity contribution in [3.63, 3.8) is 0 Å². The van der Waals surface area contributed by atoms with Gasteiger partial charge in [-0.3, -0.25) is 29.1 Å². The predicted molar refractivity (Wildman–Crippen MR) is 212 cm³/mol. The van der Waals surface area contributed by atoms with Gasteiger partial charge in [-0.1, -0.05) is 74.6 Å². The number of nitrogens with zero attached hydrogens (tertiary/aromatic N) is 4. The van der Waals surface area contributed by atoms with E-state index in [4.69, 9.17) is 4.74 Å². The number of ketones is 1. The number of benzene rings is 2. The van der Waals surface area contributed by atoms with E-state index in [1.54, 1.807) is 24.7 Å². The lowest BCUT2D eigenvalue weighted by atomic mass is 9.83. The van der Waals surface area contributed by atoms with Crippen molar-refractivity contribution in [2.24, 2.45) is 5.92 Å². The Labute approximate surface area is 326 Å². The summed E-state index contributed by atoms with van der Waals surface area (Å²) in [5.74, 6) is -1.12. The van der Waals surface area contributed by atoms with Gasteiger partial charge in [0.15, 0.2) is 5.78 Å². The Morgan fingerprint density at radius 3 is 2.45 bits per heavy atom. The number of aliphatic hydroxyl groups is 1. The third kappa shape index (κ3) is 11.3. The fourth-order valence-electron chi connectivity index (χ4n) is 7.80. The van der Waals surface area contributed by atoms with Gasteiger partial charge >= 0.3 is 0 Å². The van der Waals surface area contributed by atoms with Gasteiger partial charge in [-0.05, 0) is 40.8 Å². The van der Waals surface area contributed by atoms with Crippen LogP contribution in [0, 0.1) is 5.92 Å². The van der Waals surface area contributed by atoms with Crippen LogP contribution in [0.15, 0.2) is 77.9 Å². The zero-order chi connectivity index (χ0) is 38.6. The number of Topliss-reactive ketones (excluding diaryl/α,β-unsaturated/α-hetero) is 1. The standard InChI is InChI=1S/C42H52N6O6S/c1-47(42(53)36(45-40(51)26-48-18-20-54-21-19-48)23-32-12-7-11-30-10-5-6-13-34(30)32)37(24-33-27-55-28-44-33)41(52)46-35(22-29-8-3-2-4-9-29)39(50)25-38(49)31-14-16-43-17-15-31/h5-7,10-17,27-29,35-37,39,50H,2-4,8-9,18-26H2,1H3,(H,45,51)(H,46,52)/t35-,36-,37-,39-/m0/s1. The average Bonchev–Trinajstić information content (AvgIpc) is 3.73. The molecule has 6 rings (SSSR count). The molecule has 1 saturated carbocycles. The second kappa shape index (κ2) is 19.9. The van der Waals surface area contributed by atoms with E-state index in [-0.39, 0.29) is 43.4 Å². The van der Waals surface area contributed by atoms with Crippen molar-refractivity contribution >= 4 is 45.6 Å². The number of hydrogen-bond acceptors (Lipinski definition) is 10. The second-order valence-corrected chi connectivity index (χ2v) is 15.5. The topological polar surface area (TPSA) is 154 Å². The summed E-state index contributed by atoms with van der Waals surface area (Å²) >= 11 is 1.40. The van der Waals surface area contributed by atoms with E-state index in [1.165, 1.54) is 28.6 Å². The van der Waals surface area contributed by atoms with Crippen LogP contribution in [-0.4, -0.2) is 113 Å². The number of thiazole rings is 1. The summed E-state index contributed by atoms with van der Waals surface area (Å²) in [5, 5.41) is 21.5. The SMILES string of the molecule is CN(C(=O)[C@H](Cc1cccc2ccccc12)NC(=O)CN1CCOCC1)[C@@H](Cc1cscn1)C(=O)N[C@@H](CC1CCCCC1)[C@@H](O)CC(=O)c1ccncc1. The molecule has 12 nitrogen and oxygen atoms in total. The molecule has 55 heavy (non-hydrogen) atoms. The number of fused-ring (bicyclic) bond motifs is 1. The molecule has 3 heterocycles. The number of nitrogens with one attached hydrogen (secondary N) is 2. The monoisotopic (exact) mass is 768 g/mol. The van der Waals surface area contributed by atoms with Crippen LogP contribution >= 0.6 is 11.3 Å². The molecule has 2 aromatic heterocycles. The molecule has 4 aromatic rings. The highest BCUT2D eigenvalue weighted by molar-refractivity contribution is 7.07.